The van der Waals surface area contributed by atoms with Gasteiger partial charge in [0.1, 0.15) is 0 Å². The molecule has 0 unspecified atom stereocenters. The summed E-state index contributed by atoms with van der Waals surface area (Å²) < 4.78 is 0. The minimum atomic E-state index is 1.02. The fraction of sp³-hybridized carbons (Fsp3) is 0.0465. The van der Waals surface area contributed by atoms with Crippen LogP contribution in [0, 0.1) is 13.8 Å². The lowest BCUT2D eigenvalue weighted by atomic mass is 9.84. The molecular formula is C43H31N. The number of hydrogen-bond donors (Lipinski definition) is 0. The van der Waals surface area contributed by atoms with Crippen molar-refractivity contribution in [3.05, 3.63) is 163 Å². The van der Waals surface area contributed by atoms with Crippen LogP contribution in [0.4, 0.5) is 0 Å². The van der Waals surface area contributed by atoms with E-state index in [2.05, 4.69) is 158 Å². The molecule has 0 radical (unpaired) electrons. The van der Waals surface area contributed by atoms with Crippen molar-refractivity contribution in [1.29, 1.82) is 0 Å². The van der Waals surface area contributed by atoms with E-state index in [1.165, 1.54) is 76.8 Å². The third-order valence-corrected chi connectivity index (χ3v) is 8.88. The maximum absolute atomic E-state index is 4.56. The lowest BCUT2D eigenvalue weighted by Crippen LogP contribution is -1.92. The predicted molar refractivity (Wildman–Crippen MR) is 188 cm³/mol. The van der Waals surface area contributed by atoms with E-state index in [0.717, 1.165) is 11.3 Å². The molecule has 0 saturated heterocycles. The highest BCUT2D eigenvalue weighted by Crippen LogP contribution is 2.46. The van der Waals surface area contributed by atoms with Gasteiger partial charge in [0, 0.05) is 17.5 Å². The molecule has 0 aliphatic rings. The van der Waals surface area contributed by atoms with E-state index in [-0.39, 0.29) is 0 Å². The van der Waals surface area contributed by atoms with E-state index in [1.807, 2.05) is 13.1 Å². The first-order chi connectivity index (χ1) is 21.7. The number of rotatable bonds is 4. The van der Waals surface area contributed by atoms with Gasteiger partial charge in [0.15, 0.2) is 0 Å². The van der Waals surface area contributed by atoms with Crippen LogP contribution in [0.25, 0.3) is 76.8 Å². The van der Waals surface area contributed by atoms with Crippen LogP contribution in [-0.4, -0.2) is 4.98 Å². The van der Waals surface area contributed by atoms with Crippen molar-refractivity contribution >= 4 is 32.3 Å². The molecular weight excluding hydrogens is 530 g/mol. The number of aryl methyl sites for hydroxylation is 2. The van der Waals surface area contributed by atoms with E-state index in [4.69, 9.17) is 0 Å². The molecule has 8 rings (SSSR count). The Hall–Kier alpha value is -5.53. The van der Waals surface area contributed by atoms with Gasteiger partial charge in [-0.1, -0.05) is 139 Å². The molecule has 0 spiro atoms. The summed E-state index contributed by atoms with van der Waals surface area (Å²) >= 11 is 0. The molecule has 0 fully saturated rings. The molecule has 0 atom stereocenters. The van der Waals surface area contributed by atoms with Crippen molar-refractivity contribution in [1.82, 2.24) is 4.98 Å². The Bertz CT molecular complexity index is 2270. The van der Waals surface area contributed by atoms with Crippen LogP contribution in [0.5, 0.6) is 0 Å². The third kappa shape index (κ3) is 4.37. The zero-order valence-electron chi connectivity index (χ0n) is 24.9. The Balaban J connectivity index is 1.41. The van der Waals surface area contributed by atoms with Crippen LogP contribution in [0.2, 0.25) is 0 Å². The van der Waals surface area contributed by atoms with E-state index in [1.54, 1.807) is 0 Å². The van der Waals surface area contributed by atoms with Crippen LogP contribution in [0.15, 0.2) is 152 Å². The van der Waals surface area contributed by atoms with Crippen molar-refractivity contribution in [3.63, 3.8) is 0 Å². The van der Waals surface area contributed by atoms with Crippen LogP contribution >= 0.6 is 0 Å². The molecule has 1 heteroatoms. The van der Waals surface area contributed by atoms with Crippen molar-refractivity contribution in [2.75, 3.05) is 0 Å². The number of benzene rings is 7. The summed E-state index contributed by atoms with van der Waals surface area (Å²) in [4.78, 5) is 4.56. The molecule has 0 aliphatic carbocycles. The van der Waals surface area contributed by atoms with E-state index < -0.39 is 0 Å². The third-order valence-electron chi connectivity index (χ3n) is 8.88. The molecule has 0 saturated carbocycles. The molecule has 1 heterocycles. The Labute approximate surface area is 258 Å². The zero-order valence-corrected chi connectivity index (χ0v) is 24.9. The Morgan fingerprint density at radius 3 is 1.52 bits per heavy atom. The number of hydrogen-bond acceptors (Lipinski definition) is 1. The highest BCUT2D eigenvalue weighted by atomic mass is 14.7. The van der Waals surface area contributed by atoms with Crippen LogP contribution < -0.4 is 0 Å². The first-order valence-electron chi connectivity index (χ1n) is 15.2. The van der Waals surface area contributed by atoms with Crippen LogP contribution in [0.3, 0.4) is 0 Å². The maximum Gasteiger partial charge on any atom is 0.0373 e. The normalized spacial score (nSPS) is 11.4. The first kappa shape index (κ1) is 26.1. The van der Waals surface area contributed by atoms with Gasteiger partial charge in [0.2, 0.25) is 0 Å². The molecule has 1 aromatic heterocycles. The van der Waals surface area contributed by atoms with Gasteiger partial charge in [-0.3, -0.25) is 4.98 Å². The predicted octanol–water partition coefficient (Wildman–Crippen LogP) is 11.8. The van der Waals surface area contributed by atoms with Gasteiger partial charge in [-0.15, -0.1) is 0 Å². The van der Waals surface area contributed by atoms with E-state index in [9.17, 15) is 0 Å². The van der Waals surface area contributed by atoms with Crippen LogP contribution in [0.1, 0.15) is 11.3 Å². The summed E-state index contributed by atoms with van der Waals surface area (Å²) in [6, 6.07) is 53.3. The smallest absolute Gasteiger partial charge is 0.0373 e. The van der Waals surface area contributed by atoms with E-state index >= 15 is 0 Å². The van der Waals surface area contributed by atoms with Crippen LogP contribution in [-0.2, 0) is 0 Å². The minimum Gasteiger partial charge on any atom is -0.261 e. The lowest BCUT2D eigenvalue weighted by molar-refractivity contribution is 1.20. The molecule has 0 bridgehead atoms. The van der Waals surface area contributed by atoms with Gasteiger partial charge in [0.05, 0.1) is 0 Å². The second-order valence-electron chi connectivity index (χ2n) is 11.7. The van der Waals surface area contributed by atoms with Crippen molar-refractivity contribution in [2.24, 2.45) is 0 Å². The van der Waals surface area contributed by atoms with Gasteiger partial charge in [-0.2, -0.15) is 0 Å². The summed E-state index contributed by atoms with van der Waals surface area (Å²) in [5.41, 5.74) is 12.1. The summed E-state index contributed by atoms with van der Waals surface area (Å²) in [6.45, 7) is 4.17. The monoisotopic (exact) mass is 561 g/mol. The SMILES string of the molecule is Cc1ccc(-c2cccc3c(-c4c5ccccc5c(-c5cccc(-c6ccc(C)nc6)c5)c5ccccc45)cccc23)cc1. The lowest BCUT2D eigenvalue weighted by Gasteiger charge is -2.19. The summed E-state index contributed by atoms with van der Waals surface area (Å²) in [7, 11) is 0. The number of pyridine rings is 1. The molecule has 44 heavy (non-hydrogen) atoms. The average Bonchev–Trinajstić information content (AvgIpc) is 3.07. The zero-order chi connectivity index (χ0) is 29.6. The molecule has 0 N–H and O–H groups in total. The van der Waals surface area contributed by atoms with E-state index in [0.29, 0.717) is 0 Å². The fourth-order valence-corrected chi connectivity index (χ4v) is 6.74. The Morgan fingerprint density at radius 2 is 0.886 bits per heavy atom. The summed E-state index contributed by atoms with van der Waals surface area (Å²) in [6.07, 6.45) is 1.97. The largest absolute Gasteiger partial charge is 0.261 e. The molecule has 0 aliphatic heterocycles. The van der Waals surface area contributed by atoms with Crippen molar-refractivity contribution in [2.45, 2.75) is 13.8 Å². The van der Waals surface area contributed by atoms with Crippen molar-refractivity contribution < 1.29 is 0 Å². The molecule has 1 nitrogen and oxygen atoms in total. The Kier molecular flexibility index (Phi) is 6.31. The Morgan fingerprint density at radius 1 is 0.364 bits per heavy atom. The minimum absolute atomic E-state index is 1.02. The molecule has 0 amide bonds. The number of fused-ring (bicyclic) bond motifs is 3. The highest BCUT2D eigenvalue weighted by Gasteiger charge is 2.18. The maximum atomic E-state index is 4.56. The van der Waals surface area contributed by atoms with Gasteiger partial charge in [-0.25, -0.2) is 0 Å². The standard InChI is InChI=1S/C43H31N/c1-28-20-23-30(24-21-28)34-16-8-18-36-35(34)17-9-19-37(36)43-40-14-5-3-12-38(40)42(39-13-4-6-15-41(39)43)32-11-7-10-31(26-32)33-25-22-29(2)44-27-33/h3-27H,1-2H3. The first-order valence-corrected chi connectivity index (χ1v) is 15.2. The van der Waals surface area contributed by atoms with Crippen molar-refractivity contribution in [3.8, 4) is 44.5 Å². The second kappa shape index (κ2) is 10.6. The molecule has 7 aromatic carbocycles. The quantitative estimate of drug-likeness (QED) is 0.195. The fourth-order valence-electron chi connectivity index (χ4n) is 6.74. The molecule has 208 valence electrons. The average molecular weight is 562 g/mol. The summed E-state index contributed by atoms with van der Waals surface area (Å²) in [5.74, 6) is 0. The topological polar surface area (TPSA) is 12.9 Å². The number of nitrogens with zero attached hydrogens (tertiary/aromatic N) is 1. The second-order valence-corrected chi connectivity index (χ2v) is 11.7. The van der Waals surface area contributed by atoms with Gasteiger partial charge in [0.25, 0.3) is 0 Å². The summed E-state index contributed by atoms with van der Waals surface area (Å²) in [5, 5.41) is 7.57. The van der Waals surface area contributed by atoms with Gasteiger partial charge < -0.3 is 0 Å². The highest BCUT2D eigenvalue weighted by molar-refractivity contribution is 6.24. The van der Waals surface area contributed by atoms with Gasteiger partial charge >= 0.3 is 0 Å². The molecule has 8 aromatic rings. The van der Waals surface area contributed by atoms with Gasteiger partial charge in [-0.05, 0) is 97.2 Å². The number of aromatic nitrogens is 1.